The first-order valence-corrected chi connectivity index (χ1v) is 7.49. The van der Waals surface area contributed by atoms with Gasteiger partial charge in [0.1, 0.15) is 0 Å². The van der Waals surface area contributed by atoms with Crippen molar-refractivity contribution in [2.24, 2.45) is 0 Å². The van der Waals surface area contributed by atoms with Crippen LogP contribution in [0.25, 0.3) is 10.9 Å². The second kappa shape index (κ2) is 4.97. The predicted molar refractivity (Wildman–Crippen MR) is 84.8 cm³/mol. The van der Waals surface area contributed by atoms with Gasteiger partial charge in [0.05, 0.1) is 0 Å². The number of aryl methyl sites for hydroxylation is 1. The molecule has 0 atom stereocenters. The lowest BCUT2D eigenvalue weighted by molar-refractivity contribution is 0.838. The molecule has 2 aromatic rings. The van der Waals surface area contributed by atoms with E-state index < -0.39 is 0 Å². The Morgan fingerprint density at radius 2 is 1.90 bits per heavy atom. The highest BCUT2D eigenvalue weighted by molar-refractivity contribution is 5.83. The molecule has 0 amide bonds. The molecule has 0 spiro atoms. The Balaban J connectivity index is 2.19. The molecule has 106 valence electrons. The van der Waals surface area contributed by atoms with Gasteiger partial charge < -0.3 is 9.88 Å². The third-order valence-electron chi connectivity index (χ3n) is 4.27. The number of fused-ring (bicyclic) bond motifs is 1. The lowest BCUT2D eigenvalue weighted by Gasteiger charge is -2.18. The van der Waals surface area contributed by atoms with Crippen molar-refractivity contribution in [3.63, 3.8) is 0 Å². The Morgan fingerprint density at radius 3 is 2.55 bits per heavy atom. The Kier molecular flexibility index (Phi) is 3.28. The SMILES string of the molecule is Cc1[nH]c2ccc(N3CCCC3)cc2c(=O)c1C(C)C. The second-order valence-electron chi connectivity index (χ2n) is 6.07. The van der Waals surface area contributed by atoms with Crippen LogP contribution in [0.2, 0.25) is 0 Å². The van der Waals surface area contributed by atoms with E-state index in [0.717, 1.165) is 35.2 Å². The fourth-order valence-corrected chi connectivity index (χ4v) is 3.28. The number of H-pyrrole nitrogens is 1. The summed E-state index contributed by atoms with van der Waals surface area (Å²) in [6.45, 7) is 8.35. The monoisotopic (exact) mass is 270 g/mol. The molecular weight excluding hydrogens is 248 g/mol. The van der Waals surface area contributed by atoms with Gasteiger partial charge in [-0.3, -0.25) is 4.79 Å². The Hall–Kier alpha value is -1.77. The van der Waals surface area contributed by atoms with Crippen molar-refractivity contribution in [3.05, 3.63) is 39.7 Å². The molecule has 3 rings (SSSR count). The van der Waals surface area contributed by atoms with Crippen molar-refractivity contribution in [3.8, 4) is 0 Å². The molecule has 1 aromatic heterocycles. The predicted octanol–water partition coefficient (Wildman–Crippen LogP) is 3.56. The molecule has 2 heterocycles. The molecule has 20 heavy (non-hydrogen) atoms. The normalized spacial score (nSPS) is 15.5. The highest BCUT2D eigenvalue weighted by Gasteiger charge is 2.16. The Labute approximate surface area is 119 Å². The molecule has 0 bridgehead atoms. The van der Waals surface area contributed by atoms with Gasteiger partial charge in [0.2, 0.25) is 0 Å². The number of hydrogen-bond acceptors (Lipinski definition) is 2. The van der Waals surface area contributed by atoms with E-state index in [4.69, 9.17) is 0 Å². The van der Waals surface area contributed by atoms with Crippen LogP contribution in [0.4, 0.5) is 5.69 Å². The molecule has 1 saturated heterocycles. The zero-order valence-electron chi connectivity index (χ0n) is 12.5. The molecule has 1 N–H and O–H groups in total. The third-order valence-corrected chi connectivity index (χ3v) is 4.27. The van der Waals surface area contributed by atoms with Gasteiger partial charge in [0.15, 0.2) is 5.43 Å². The van der Waals surface area contributed by atoms with Gasteiger partial charge in [-0.2, -0.15) is 0 Å². The highest BCUT2D eigenvalue weighted by atomic mass is 16.1. The quantitative estimate of drug-likeness (QED) is 0.905. The molecule has 1 aromatic carbocycles. The number of benzene rings is 1. The highest BCUT2D eigenvalue weighted by Crippen LogP contribution is 2.24. The number of anilines is 1. The second-order valence-corrected chi connectivity index (χ2v) is 6.07. The molecule has 0 unspecified atom stereocenters. The minimum atomic E-state index is 0.187. The summed E-state index contributed by atoms with van der Waals surface area (Å²) in [5, 5.41) is 0.823. The minimum Gasteiger partial charge on any atom is -0.372 e. The van der Waals surface area contributed by atoms with Crippen LogP contribution >= 0.6 is 0 Å². The number of pyridine rings is 1. The van der Waals surface area contributed by atoms with Crippen LogP contribution in [-0.4, -0.2) is 18.1 Å². The Morgan fingerprint density at radius 1 is 1.20 bits per heavy atom. The summed E-state index contributed by atoms with van der Waals surface area (Å²) in [5.74, 6) is 0.249. The molecule has 0 aliphatic carbocycles. The fourth-order valence-electron chi connectivity index (χ4n) is 3.28. The molecule has 3 heteroatoms. The van der Waals surface area contributed by atoms with Gasteiger partial charge in [-0.1, -0.05) is 13.8 Å². The number of aromatic amines is 1. The summed E-state index contributed by atoms with van der Waals surface area (Å²) in [5.41, 5.74) is 4.22. The van der Waals surface area contributed by atoms with Crippen LogP contribution in [0.15, 0.2) is 23.0 Å². The van der Waals surface area contributed by atoms with Crippen molar-refractivity contribution in [1.29, 1.82) is 0 Å². The van der Waals surface area contributed by atoms with E-state index in [0.29, 0.717) is 0 Å². The summed E-state index contributed by atoms with van der Waals surface area (Å²) in [6.07, 6.45) is 2.50. The van der Waals surface area contributed by atoms with Crippen LogP contribution in [0, 0.1) is 6.92 Å². The molecule has 1 fully saturated rings. The van der Waals surface area contributed by atoms with Crippen LogP contribution in [-0.2, 0) is 0 Å². The van der Waals surface area contributed by atoms with E-state index >= 15 is 0 Å². The lowest BCUT2D eigenvalue weighted by Crippen LogP contribution is -2.19. The maximum Gasteiger partial charge on any atom is 0.193 e. The van der Waals surface area contributed by atoms with E-state index in [2.05, 4.69) is 35.9 Å². The fraction of sp³-hybridized carbons (Fsp3) is 0.471. The van der Waals surface area contributed by atoms with Crippen LogP contribution < -0.4 is 10.3 Å². The largest absolute Gasteiger partial charge is 0.372 e. The number of nitrogens with zero attached hydrogens (tertiary/aromatic N) is 1. The summed E-state index contributed by atoms with van der Waals surface area (Å²) < 4.78 is 0. The molecule has 3 nitrogen and oxygen atoms in total. The van der Waals surface area contributed by atoms with E-state index in [9.17, 15) is 4.79 Å². The van der Waals surface area contributed by atoms with E-state index in [1.165, 1.54) is 18.5 Å². The standard InChI is InChI=1S/C17H22N2O/c1-11(2)16-12(3)18-15-7-6-13(10-14(15)17(16)20)19-8-4-5-9-19/h6-7,10-11H,4-5,8-9H2,1-3H3,(H,18,20). The Bertz CT molecular complexity index is 694. The average molecular weight is 270 g/mol. The van der Waals surface area contributed by atoms with Crippen molar-refractivity contribution in [1.82, 2.24) is 4.98 Å². The first kappa shape index (κ1) is 13.2. The third kappa shape index (κ3) is 2.11. The summed E-state index contributed by atoms with van der Waals surface area (Å²) in [4.78, 5) is 18.5. The van der Waals surface area contributed by atoms with Gasteiger partial charge >= 0.3 is 0 Å². The summed E-state index contributed by atoms with van der Waals surface area (Å²) in [6, 6.07) is 6.23. The summed E-state index contributed by atoms with van der Waals surface area (Å²) >= 11 is 0. The summed E-state index contributed by atoms with van der Waals surface area (Å²) in [7, 11) is 0. The van der Waals surface area contributed by atoms with Crippen LogP contribution in [0.5, 0.6) is 0 Å². The average Bonchev–Trinajstić information content (AvgIpc) is 2.92. The van der Waals surface area contributed by atoms with Gasteiger partial charge in [-0.05, 0) is 43.9 Å². The van der Waals surface area contributed by atoms with Gasteiger partial charge in [-0.15, -0.1) is 0 Å². The van der Waals surface area contributed by atoms with Crippen molar-refractivity contribution in [2.75, 3.05) is 18.0 Å². The van der Waals surface area contributed by atoms with Crippen molar-refractivity contribution in [2.45, 2.75) is 39.5 Å². The topological polar surface area (TPSA) is 36.1 Å². The maximum absolute atomic E-state index is 12.7. The zero-order chi connectivity index (χ0) is 14.3. The molecule has 0 saturated carbocycles. The van der Waals surface area contributed by atoms with Gasteiger partial charge in [-0.25, -0.2) is 0 Å². The zero-order valence-corrected chi connectivity index (χ0v) is 12.5. The minimum absolute atomic E-state index is 0.187. The van der Waals surface area contributed by atoms with Crippen LogP contribution in [0.3, 0.4) is 0 Å². The first-order valence-electron chi connectivity index (χ1n) is 7.49. The van der Waals surface area contributed by atoms with Crippen molar-refractivity contribution >= 4 is 16.6 Å². The molecule has 1 aliphatic heterocycles. The molecule has 1 aliphatic rings. The number of rotatable bonds is 2. The van der Waals surface area contributed by atoms with E-state index in [1.807, 2.05) is 13.0 Å². The smallest absolute Gasteiger partial charge is 0.193 e. The maximum atomic E-state index is 12.7. The number of hydrogen-bond donors (Lipinski definition) is 1. The molecule has 0 radical (unpaired) electrons. The lowest BCUT2D eigenvalue weighted by atomic mass is 9.99. The van der Waals surface area contributed by atoms with Crippen molar-refractivity contribution < 1.29 is 0 Å². The van der Waals surface area contributed by atoms with E-state index in [1.54, 1.807) is 0 Å². The van der Waals surface area contributed by atoms with Gasteiger partial charge in [0, 0.05) is 40.9 Å². The van der Waals surface area contributed by atoms with Gasteiger partial charge in [0.25, 0.3) is 0 Å². The number of nitrogens with one attached hydrogen (secondary N) is 1. The van der Waals surface area contributed by atoms with E-state index in [-0.39, 0.29) is 11.3 Å². The molecular formula is C17H22N2O. The number of aromatic nitrogens is 1. The first-order chi connectivity index (χ1) is 9.58. The van der Waals surface area contributed by atoms with Crippen LogP contribution in [0.1, 0.15) is 43.9 Å².